The fourth-order valence-electron chi connectivity index (χ4n) is 4.70. The second-order valence-electron chi connectivity index (χ2n) is 8.61. The van der Waals surface area contributed by atoms with E-state index in [9.17, 15) is 9.59 Å². The summed E-state index contributed by atoms with van der Waals surface area (Å²) < 4.78 is 10.4. The van der Waals surface area contributed by atoms with Crippen molar-refractivity contribution in [1.82, 2.24) is 14.8 Å². The van der Waals surface area contributed by atoms with Gasteiger partial charge in [0.2, 0.25) is 11.8 Å². The predicted molar refractivity (Wildman–Crippen MR) is 121 cm³/mol. The number of hydrogen-bond acceptors (Lipinski definition) is 5. The Morgan fingerprint density at radius 3 is 2.44 bits per heavy atom. The molecule has 2 aliphatic heterocycles. The number of halogens is 1. The topological polar surface area (TPSA) is 72.0 Å². The van der Waals surface area contributed by atoms with E-state index in [4.69, 9.17) is 21.1 Å². The molecule has 0 aliphatic carbocycles. The quantitative estimate of drug-likeness (QED) is 0.643. The third-order valence-electron chi connectivity index (χ3n) is 6.62. The number of methoxy groups -OCH3 is 2. The van der Waals surface area contributed by atoms with Gasteiger partial charge in [-0.15, -0.1) is 0 Å². The number of carbonyl (C=O) groups excluding carboxylic acids is 2. The van der Waals surface area contributed by atoms with E-state index in [2.05, 4.69) is 4.98 Å². The van der Waals surface area contributed by atoms with Crippen molar-refractivity contribution in [2.24, 2.45) is 5.41 Å². The lowest BCUT2D eigenvalue weighted by Crippen LogP contribution is -2.45. The lowest BCUT2D eigenvalue weighted by atomic mass is 9.77. The first-order valence-electron chi connectivity index (χ1n) is 10.8. The molecule has 1 aromatic carbocycles. The highest BCUT2D eigenvalue weighted by Crippen LogP contribution is 2.41. The first-order valence-corrected chi connectivity index (χ1v) is 11.2. The van der Waals surface area contributed by atoms with Crippen LogP contribution in [0.5, 0.6) is 11.6 Å². The zero-order chi connectivity index (χ0) is 22.7. The number of carbonyl (C=O) groups is 2. The molecular weight excluding hydrogens is 430 g/mol. The maximum Gasteiger partial charge on any atom is 0.254 e. The maximum atomic E-state index is 13.0. The molecular formula is C24H28ClN3O4. The molecule has 3 heterocycles. The van der Waals surface area contributed by atoms with Gasteiger partial charge in [-0.1, -0.05) is 23.7 Å². The Bertz CT molecular complexity index is 1000. The van der Waals surface area contributed by atoms with Crippen molar-refractivity contribution in [1.29, 1.82) is 0 Å². The number of amides is 2. The first kappa shape index (κ1) is 22.4. The highest BCUT2D eigenvalue weighted by Gasteiger charge is 2.42. The summed E-state index contributed by atoms with van der Waals surface area (Å²) in [6.45, 7) is 2.85. The van der Waals surface area contributed by atoms with Crippen molar-refractivity contribution in [2.75, 3.05) is 40.4 Å². The van der Waals surface area contributed by atoms with Crippen LogP contribution >= 0.6 is 11.6 Å². The molecule has 2 amide bonds. The number of pyridine rings is 1. The molecule has 0 atom stereocenters. The van der Waals surface area contributed by atoms with Gasteiger partial charge in [0.05, 0.1) is 20.6 Å². The summed E-state index contributed by atoms with van der Waals surface area (Å²) in [5.41, 5.74) is 1.52. The number of ether oxygens (including phenoxy) is 2. The van der Waals surface area contributed by atoms with Crippen molar-refractivity contribution in [3.63, 3.8) is 0 Å². The van der Waals surface area contributed by atoms with E-state index in [0.29, 0.717) is 31.0 Å². The Morgan fingerprint density at radius 1 is 1.03 bits per heavy atom. The van der Waals surface area contributed by atoms with Crippen molar-refractivity contribution in [3.8, 4) is 11.6 Å². The molecule has 4 rings (SSSR count). The van der Waals surface area contributed by atoms with Gasteiger partial charge in [0.25, 0.3) is 5.91 Å². The molecule has 1 aromatic heterocycles. The van der Waals surface area contributed by atoms with E-state index in [1.165, 1.54) is 7.11 Å². The second-order valence-corrected chi connectivity index (χ2v) is 8.99. The maximum absolute atomic E-state index is 13.0. The summed E-state index contributed by atoms with van der Waals surface area (Å²) in [7, 11) is 3.13. The second kappa shape index (κ2) is 9.36. The molecule has 0 saturated carbocycles. The van der Waals surface area contributed by atoms with Gasteiger partial charge < -0.3 is 19.3 Å². The molecule has 8 heteroatoms. The van der Waals surface area contributed by atoms with Crippen LogP contribution in [0, 0.1) is 5.41 Å². The van der Waals surface area contributed by atoms with Gasteiger partial charge in [-0.2, -0.15) is 0 Å². The van der Waals surface area contributed by atoms with Crippen LogP contribution in [-0.2, 0) is 11.2 Å². The van der Waals surface area contributed by atoms with Crippen LogP contribution < -0.4 is 9.47 Å². The molecule has 0 unspecified atom stereocenters. The van der Waals surface area contributed by atoms with Gasteiger partial charge in [-0.05, 0) is 48.4 Å². The Kier molecular flexibility index (Phi) is 6.55. The van der Waals surface area contributed by atoms with E-state index in [1.807, 2.05) is 34.1 Å². The third kappa shape index (κ3) is 4.83. The Balaban J connectivity index is 1.34. The van der Waals surface area contributed by atoms with Gasteiger partial charge in [-0.3, -0.25) is 9.59 Å². The summed E-state index contributed by atoms with van der Waals surface area (Å²) in [4.78, 5) is 33.7. The summed E-state index contributed by atoms with van der Waals surface area (Å²) in [5.74, 6) is 1.17. The smallest absolute Gasteiger partial charge is 0.254 e. The highest BCUT2D eigenvalue weighted by molar-refractivity contribution is 6.29. The van der Waals surface area contributed by atoms with E-state index >= 15 is 0 Å². The number of piperidine rings is 1. The molecule has 32 heavy (non-hydrogen) atoms. The third-order valence-corrected chi connectivity index (χ3v) is 6.81. The molecule has 2 fully saturated rings. The molecule has 170 valence electrons. The number of likely N-dealkylation sites (tertiary alicyclic amines) is 2. The van der Waals surface area contributed by atoms with Gasteiger partial charge in [-0.25, -0.2) is 4.98 Å². The van der Waals surface area contributed by atoms with Crippen molar-refractivity contribution >= 4 is 23.4 Å². The van der Waals surface area contributed by atoms with Crippen molar-refractivity contribution in [2.45, 2.75) is 25.7 Å². The molecule has 2 aliphatic rings. The molecule has 1 spiro atoms. The zero-order valence-corrected chi connectivity index (χ0v) is 19.2. The highest BCUT2D eigenvalue weighted by atomic mass is 35.5. The summed E-state index contributed by atoms with van der Waals surface area (Å²) in [6, 6.07) is 10.8. The largest absolute Gasteiger partial charge is 0.497 e. The van der Waals surface area contributed by atoms with Crippen molar-refractivity contribution < 1.29 is 19.1 Å². The number of aromatic nitrogens is 1. The van der Waals surface area contributed by atoms with E-state index in [-0.39, 0.29) is 22.4 Å². The summed E-state index contributed by atoms with van der Waals surface area (Å²) >= 11 is 6.04. The normalized spacial score (nSPS) is 17.5. The molecule has 2 aromatic rings. The lowest BCUT2D eigenvalue weighted by Gasteiger charge is -2.39. The molecule has 0 bridgehead atoms. The van der Waals surface area contributed by atoms with Crippen LogP contribution in [-0.4, -0.2) is 67.0 Å². The van der Waals surface area contributed by atoms with Crippen LogP contribution in [0.25, 0.3) is 0 Å². The Labute approximate surface area is 193 Å². The number of rotatable bonds is 5. The average molecular weight is 458 g/mol. The van der Waals surface area contributed by atoms with Gasteiger partial charge >= 0.3 is 0 Å². The van der Waals surface area contributed by atoms with Crippen LogP contribution in [0.15, 0.2) is 36.4 Å². The standard InChI is InChI=1S/C24H28ClN3O4/c1-31-19-5-3-4-17(12-19)13-22(29)27-9-6-24(7-10-27)8-11-28(16-24)23(30)18-14-20(25)26-21(15-18)32-2/h3-5,12,14-15H,6-11,13,16H2,1-2H3. The molecule has 7 nitrogen and oxygen atoms in total. The summed E-state index contributed by atoms with van der Waals surface area (Å²) in [5, 5.41) is 0.240. The SMILES string of the molecule is COc1cccc(CC(=O)N2CCC3(CC2)CCN(C(=O)c2cc(Cl)nc(OC)c2)C3)c1. The van der Waals surface area contributed by atoms with Gasteiger partial charge in [0.15, 0.2) is 0 Å². The zero-order valence-electron chi connectivity index (χ0n) is 18.5. The van der Waals surface area contributed by atoms with Crippen LogP contribution in [0.4, 0.5) is 0 Å². The van der Waals surface area contributed by atoms with Gasteiger partial charge in [0, 0.05) is 37.8 Å². The van der Waals surface area contributed by atoms with E-state index in [1.54, 1.807) is 19.2 Å². The molecule has 0 N–H and O–H groups in total. The van der Waals surface area contributed by atoms with Crippen molar-refractivity contribution in [3.05, 3.63) is 52.7 Å². The molecule has 2 saturated heterocycles. The number of nitrogens with zero attached hydrogens (tertiary/aromatic N) is 3. The Hall–Kier alpha value is -2.80. The van der Waals surface area contributed by atoms with Crippen LogP contribution in [0.3, 0.4) is 0 Å². The minimum Gasteiger partial charge on any atom is -0.497 e. The Morgan fingerprint density at radius 2 is 1.75 bits per heavy atom. The fraction of sp³-hybridized carbons (Fsp3) is 0.458. The molecule has 0 radical (unpaired) electrons. The fourth-order valence-corrected chi connectivity index (χ4v) is 4.90. The minimum atomic E-state index is -0.0546. The minimum absolute atomic E-state index is 0.0546. The number of hydrogen-bond donors (Lipinski definition) is 0. The van der Waals surface area contributed by atoms with E-state index in [0.717, 1.165) is 43.7 Å². The monoisotopic (exact) mass is 457 g/mol. The van der Waals surface area contributed by atoms with Gasteiger partial charge in [0.1, 0.15) is 10.9 Å². The first-order chi connectivity index (χ1) is 15.4. The number of benzene rings is 1. The van der Waals surface area contributed by atoms with Crippen LogP contribution in [0.1, 0.15) is 35.2 Å². The van der Waals surface area contributed by atoms with Crippen LogP contribution in [0.2, 0.25) is 5.15 Å². The van der Waals surface area contributed by atoms with E-state index < -0.39 is 0 Å². The average Bonchev–Trinajstić information content (AvgIpc) is 3.22. The summed E-state index contributed by atoms with van der Waals surface area (Å²) in [6.07, 6.45) is 3.13. The predicted octanol–water partition coefficient (Wildman–Crippen LogP) is 3.45. The lowest BCUT2D eigenvalue weighted by molar-refractivity contribution is -0.132.